The van der Waals surface area contributed by atoms with E-state index in [-0.39, 0.29) is 11.9 Å². The fourth-order valence-corrected chi connectivity index (χ4v) is 5.14. The van der Waals surface area contributed by atoms with Crippen molar-refractivity contribution in [2.24, 2.45) is 0 Å². The molecule has 2 fully saturated rings. The van der Waals surface area contributed by atoms with Crippen molar-refractivity contribution in [3.8, 4) is 5.75 Å². The predicted octanol–water partition coefficient (Wildman–Crippen LogP) is 4.64. The highest BCUT2D eigenvalue weighted by atomic mass is 35.5. The standard InChI is InChI=1S/C25H31ClN2O3/c1-16-17(2)24(31-12-11-30-4)10-9-23(16)18(3)27-14-22-13-21(27)15-28(22)25(29)19-5-7-20(26)8-6-19/h5-10,18,21-22H,11-15H2,1-4H3/t18-,21-,22-/m1/s1. The van der Waals surface area contributed by atoms with Gasteiger partial charge in [-0.1, -0.05) is 17.7 Å². The minimum Gasteiger partial charge on any atom is -0.491 e. The quantitative estimate of drug-likeness (QED) is 0.586. The minimum atomic E-state index is 0.112. The molecule has 2 saturated heterocycles. The van der Waals surface area contributed by atoms with E-state index in [0.29, 0.717) is 35.9 Å². The average Bonchev–Trinajstić information content (AvgIpc) is 3.38. The molecular formula is C25H31ClN2O3. The third kappa shape index (κ3) is 4.32. The predicted molar refractivity (Wildman–Crippen MR) is 123 cm³/mol. The highest BCUT2D eigenvalue weighted by molar-refractivity contribution is 6.30. The lowest BCUT2D eigenvalue weighted by atomic mass is 9.96. The Morgan fingerprint density at radius 2 is 1.81 bits per heavy atom. The number of carbonyl (C=O) groups is 1. The van der Waals surface area contributed by atoms with Crippen LogP contribution >= 0.6 is 11.6 Å². The molecule has 0 aliphatic carbocycles. The van der Waals surface area contributed by atoms with E-state index in [1.165, 1.54) is 16.7 Å². The fraction of sp³-hybridized carbons (Fsp3) is 0.480. The van der Waals surface area contributed by atoms with Crippen molar-refractivity contribution in [3.63, 3.8) is 0 Å². The number of halogens is 1. The molecule has 0 aromatic heterocycles. The van der Waals surface area contributed by atoms with Crippen LogP contribution in [-0.2, 0) is 4.74 Å². The van der Waals surface area contributed by atoms with E-state index < -0.39 is 0 Å². The lowest BCUT2D eigenvalue weighted by molar-refractivity contribution is 0.0569. The van der Waals surface area contributed by atoms with Crippen molar-refractivity contribution in [3.05, 3.63) is 63.7 Å². The van der Waals surface area contributed by atoms with Crippen LogP contribution in [0.15, 0.2) is 36.4 Å². The second kappa shape index (κ2) is 9.19. The Labute approximate surface area is 189 Å². The Morgan fingerprint density at radius 3 is 2.45 bits per heavy atom. The Balaban J connectivity index is 1.44. The number of rotatable bonds is 7. The van der Waals surface area contributed by atoms with Crippen molar-refractivity contribution in [2.45, 2.75) is 45.3 Å². The van der Waals surface area contributed by atoms with Gasteiger partial charge < -0.3 is 14.4 Å². The smallest absolute Gasteiger partial charge is 0.254 e. The van der Waals surface area contributed by atoms with Crippen LogP contribution in [0.25, 0.3) is 0 Å². The minimum absolute atomic E-state index is 0.112. The zero-order chi connectivity index (χ0) is 22.1. The number of nitrogens with zero attached hydrogens (tertiary/aromatic N) is 2. The van der Waals surface area contributed by atoms with E-state index in [4.69, 9.17) is 21.1 Å². The number of carbonyl (C=O) groups excluding carboxylic acids is 1. The van der Waals surface area contributed by atoms with Crippen molar-refractivity contribution in [2.75, 3.05) is 33.4 Å². The van der Waals surface area contributed by atoms with Crippen LogP contribution in [0.5, 0.6) is 5.75 Å². The average molecular weight is 443 g/mol. The van der Waals surface area contributed by atoms with E-state index in [0.717, 1.165) is 25.3 Å². The summed E-state index contributed by atoms with van der Waals surface area (Å²) in [5.41, 5.74) is 4.51. The molecule has 31 heavy (non-hydrogen) atoms. The van der Waals surface area contributed by atoms with E-state index in [1.54, 1.807) is 19.2 Å². The van der Waals surface area contributed by atoms with Gasteiger partial charge >= 0.3 is 0 Å². The number of ether oxygens (including phenoxy) is 2. The highest BCUT2D eigenvalue weighted by Gasteiger charge is 2.47. The van der Waals surface area contributed by atoms with Gasteiger partial charge in [-0.3, -0.25) is 9.69 Å². The van der Waals surface area contributed by atoms with Gasteiger partial charge in [0, 0.05) is 48.9 Å². The molecule has 1 amide bonds. The summed E-state index contributed by atoms with van der Waals surface area (Å²) in [6.07, 6.45) is 1.04. The number of amides is 1. The molecule has 2 heterocycles. The van der Waals surface area contributed by atoms with Gasteiger partial charge in [0.2, 0.25) is 0 Å². The van der Waals surface area contributed by atoms with Crippen LogP contribution in [0.2, 0.25) is 5.02 Å². The van der Waals surface area contributed by atoms with Crippen LogP contribution in [-0.4, -0.2) is 61.2 Å². The van der Waals surface area contributed by atoms with Gasteiger partial charge in [0.15, 0.2) is 0 Å². The maximum Gasteiger partial charge on any atom is 0.254 e. The van der Waals surface area contributed by atoms with Gasteiger partial charge in [-0.25, -0.2) is 0 Å². The molecule has 0 spiro atoms. The molecule has 3 atom stereocenters. The molecule has 2 aromatic carbocycles. The van der Waals surface area contributed by atoms with Crippen LogP contribution < -0.4 is 4.74 Å². The number of piperazine rings is 1. The Kier molecular flexibility index (Phi) is 6.56. The summed E-state index contributed by atoms with van der Waals surface area (Å²) in [7, 11) is 1.68. The molecule has 0 unspecified atom stereocenters. The molecular weight excluding hydrogens is 412 g/mol. The second-order valence-electron chi connectivity index (χ2n) is 8.62. The summed E-state index contributed by atoms with van der Waals surface area (Å²) >= 11 is 5.97. The van der Waals surface area contributed by atoms with Crippen LogP contribution in [0, 0.1) is 13.8 Å². The summed E-state index contributed by atoms with van der Waals surface area (Å²) in [6.45, 7) is 9.41. The first-order valence-corrected chi connectivity index (χ1v) is 11.3. The molecule has 0 saturated carbocycles. The lowest BCUT2D eigenvalue weighted by Crippen LogP contribution is -2.49. The molecule has 2 bridgehead atoms. The number of hydrogen-bond acceptors (Lipinski definition) is 4. The van der Waals surface area contributed by atoms with E-state index in [2.05, 4.69) is 37.8 Å². The van der Waals surface area contributed by atoms with Gasteiger partial charge in [-0.05, 0) is 74.2 Å². The van der Waals surface area contributed by atoms with Crippen molar-refractivity contribution in [1.82, 2.24) is 9.80 Å². The second-order valence-corrected chi connectivity index (χ2v) is 9.06. The maximum atomic E-state index is 13.0. The van der Waals surface area contributed by atoms with Crippen molar-refractivity contribution in [1.29, 1.82) is 0 Å². The number of hydrogen-bond donors (Lipinski definition) is 0. The fourth-order valence-electron chi connectivity index (χ4n) is 5.02. The zero-order valence-electron chi connectivity index (χ0n) is 18.7. The van der Waals surface area contributed by atoms with Gasteiger partial charge in [0.1, 0.15) is 12.4 Å². The normalized spacial score (nSPS) is 21.5. The third-order valence-corrected chi connectivity index (χ3v) is 7.16. The number of methoxy groups -OCH3 is 1. The summed E-state index contributed by atoms with van der Waals surface area (Å²) < 4.78 is 11.0. The van der Waals surface area contributed by atoms with Gasteiger partial charge in [0.05, 0.1) is 6.61 Å². The Hall–Kier alpha value is -2.08. The first-order chi connectivity index (χ1) is 14.9. The molecule has 2 aliphatic heterocycles. The SMILES string of the molecule is COCCOc1ccc([C@@H](C)N2C[C@H]3C[C@@H]2CN3C(=O)c2ccc(Cl)cc2)c(C)c1C. The summed E-state index contributed by atoms with van der Waals surface area (Å²) in [4.78, 5) is 17.6. The van der Waals surface area contributed by atoms with Crippen LogP contribution in [0.3, 0.4) is 0 Å². The van der Waals surface area contributed by atoms with Gasteiger partial charge in [0.25, 0.3) is 5.91 Å². The number of benzene rings is 2. The summed E-state index contributed by atoms with van der Waals surface area (Å²) in [5.74, 6) is 1.04. The monoisotopic (exact) mass is 442 g/mol. The third-order valence-electron chi connectivity index (χ3n) is 6.91. The van der Waals surface area contributed by atoms with Crippen molar-refractivity contribution < 1.29 is 14.3 Å². The highest BCUT2D eigenvalue weighted by Crippen LogP contribution is 2.39. The molecule has 5 nitrogen and oxygen atoms in total. The van der Waals surface area contributed by atoms with E-state index in [1.807, 2.05) is 17.0 Å². The molecule has 0 radical (unpaired) electrons. The van der Waals surface area contributed by atoms with E-state index >= 15 is 0 Å². The van der Waals surface area contributed by atoms with Gasteiger partial charge in [-0.15, -0.1) is 0 Å². The largest absolute Gasteiger partial charge is 0.491 e. The first kappa shape index (κ1) is 22.1. The van der Waals surface area contributed by atoms with Crippen LogP contribution in [0.4, 0.5) is 0 Å². The molecule has 166 valence electrons. The molecule has 4 rings (SSSR count). The molecule has 2 aliphatic rings. The Bertz CT molecular complexity index is 947. The zero-order valence-corrected chi connectivity index (χ0v) is 19.5. The van der Waals surface area contributed by atoms with Gasteiger partial charge in [-0.2, -0.15) is 0 Å². The van der Waals surface area contributed by atoms with E-state index in [9.17, 15) is 4.79 Å². The molecule has 0 N–H and O–H groups in total. The first-order valence-electron chi connectivity index (χ1n) is 10.9. The number of likely N-dealkylation sites (tertiary alicyclic amines) is 2. The summed E-state index contributed by atoms with van der Waals surface area (Å²) in [5, 5.41) is 0.653. The van der Waals surface area contributed by atoms with Crippen molar-refractivity contribution >= 4 is 17.5 Å². The number of fused-ring (bicyclic) bond motifs is 2. The topological polar surface area (TPSA) is 42.0 Å². The Morgan fingerprint density at radius 1 is 1.06 bits per heavy atom. The molecule has 6 heteroatoms. The maximum absolute atomic E-state index is 13.0. The lowest BCUT2D eigenvalue weighted by Gasteiger charge is -2.38. The summed E-state index contributed by atoms with van der Waals surface area (Å²) in [6, 6.07) is 12.4. The van der Waals surface area contributed by atoms with Crippen LogP contribution in [0.1, 0.15) is 46.4 Å². The molecule has 2 aromatic rings.